The first kappa shape index (κ1) is 20.8. The Morgan fingerprint density at radius 3 is 2.94 bits per heavy atom. The molecule has 1 atom stereocenters. The molecule has 1 aliphatic heterocycles. The number of nitrogens with zero attached hydrogens (tertiary/aromatic N) is 4. The SMILES string of the molecule is CN(CC(O)Cc1ccccc1)C(=O)c1cncc(C#Cc2cnn3c2COCC3)c1. The normalized spacial score (nSPS) is 13.6. The van der Waals surface area contributed by atoms with Crippen LogP contribution < -0.4 is 0 Å². The molecule has 1 aromatic carbocycles. The molecule has 4 rings (SSSR count). The monoisotopic (exact) mass is 416 g/mol. The molecule has 7 heteroatoms. The smallest absolute Gasteiger partial charge is 0.255 e. The summed E-state index contributed by atoms with van der Waals surface area (Å²) in [6.45, 7) is 2.11. The van der Waals surface area contributed by atoms with Gasteiger partial charge in [0, 0.05) is 38.0 Å². The number of hydrogen-bond acceptors (Lipinski definition) is 5. The minimum absolute atomic E-state index is 0.209. The van der Waals surface area contributed by atoms with Crippen LogP contribution in [-0.2, 0) is 24.3 Å². The van der Waals surface area contributed by atoms with Crippen molar-refractivity contribution in [3.63, 3.8) is 0 Å². The highest BCUT2D eigenvalue weighted by Gasteiger charge is 2.17. The second-order valence-corrected chi connectivity index (χ2v) is 7.52. The maximum absolute atomic E-state index is 12.8. The maximum Gasteiger partial charge on any atom is 0.255 e. The zero-order valence-corrected chi connectivity index (χ0v) is 17.4. The van der Waals surface area contributed by atoms with Crippen molar-refractivity contribution >= 4 is 5.91 Å². The van der Waals surface area contributed by atoms with Gasteiger partial charge in [0.2, 0.25) is 0 Å². The van der Waals surface area contributed by atoms with E-state index in [0.717, 1.165) is 23.4 Å². The van der Waals surface area contributed by atoms with Gasteiger partial charge < -0.3 is 14.7 Å². The molecule has 0 saturated carbocycles. The van der Waals surface area contributed by atoms with Gasteiger partial charge in [-0.15, -0.1) is 0 Å². The molecule has 1 aliphatic rings. The Hall–Kier alpha value is -3.47. The van der Waals surface area contributed by atoms with Crippen molar-refractivity contribution in [2.24, 2.45) is 0 Å². The molecule has 0 aliphatic carbocycles. The highest BCUT2D eigenvalue weighted by molar-refractivity contribution is 5.94. The first-order valence-corrected chi connectivity index (χ1v) is 10.2. The van der Waals surface area contributed by atoms with Crippen LogP contribution >= 0.6 is 0 Å². The van der Waals surface area contributed by atoms with E-state index >= 15 is 0 Å². The van der Waals surface area contributed by atoms with E-state index in [2.05, 4.69) is 21.9 Å². The summed E-state index contributed by atoms with van der Waals surface area (Å²) in [6.07, 6.45) is 4.72. The summed E-state index contributed by atoms with van der Waals surface area (Å²) in [5, 5.41) is 14.7. The number of hydrogen-bond donors (Lipinski definition) is 1. The van der Waals surface area contributed by atoms with E-state index in [1.54, 1.807) is 25.5 Å². The fourth-order valence-electron chi connectivity index (χ4n) is 3.51. The fraction of sp³-hybridized carbons (Fsp3) is 0.292. The standard InChI is InChI=1S/C24H24N4O3/c1-27(16-22(29)12-18-5-3-2-4-6-18)24(30)21-11-19(13-25-14-21)7-8-20-15-26-28-9-10-31-17-23(20)28/h2-6,11,13-15,22,29H,9-10,12,16-17H2,1H3. The molecule has 1 unspecified atom stereocenters. The van der Waals surface area contributed by atoms with E-state index in [-0.39, 0.29) is 12.5 Å². The van der Waals surface area contributed by atoms with E-state index in [4.69, 9.17) is 4.74 Å². The van der Waals surface area contributed by atoms with Crippen molar-refractivity contribution in [1.29, 1.82) is 0 Å². The van der Waals surface area contributed by atoms with Gasteiger partial charge in [-0.05, 0) is 11.6 Å². The number of benzene rings is 1. The Labute approximate surface area is 181 Å². The van der Waals surface area contributed by atoms with Crippen molar-refractivity contribution in [3.05, 3.63) is 82.9 Å². The number of aliphatic hydroxyl groups is 1. The molecular weight excluding hydrogens is 392 g/mol. The Balaban J connectivity index is 1.42. The third-order valence-electron chi connectivity index (χ3n) is 5.11. The van der Waals surface area contributed by atoms with E-state index in [9.17, 15) is 9.90 Å². The van der Waals surface area contributed by atoms with Gasteiger partial charge in [0.1, 0.15) is 0 Å². The molecular formula is C24H24N4O3. The molecule has 0 bridgehead atoms. The van der Waals surface area contributed by atoms with Gasteiger partial charge in [0.25, 0.3) is 5.91 Å². The zero-order valence-electron chi connectivity index (χ0n) is 17.4. The molecule has 0 saturated heterocycles. The first-order chi connectivity index (χ1) is 15.1. The van der Waals surface area contributed by atoms with Gasteiger partial charge in [0.15, 0.2) is 0 Å². The second-order valence-electron chi connectivity index (χ2n) is 7.52. The van der Waals surface area contributed by atoms with Crippen LogP contribution in [0.2, 0.25) is 0 Å². The lowest BCUT2D eigenvalue weighted by atomic mass is 10.1. The third kappa shape index (κ3) is 5.18. The lowest BCUT2D eigenvalue weighted by Gasteiger charge is -2.21. The molecule has 0 spiro atoms. The van der Waals surface area contributed by atoms with Crippen LogP contribution in [0.4, 0.5) is 0 Å². The average molecular weight is 416 g/mol. The topological polar surface area (TPSA) is 80.5 Å². The van der Waals surface area contributed by atoms with Crippen LogP contribution in [0.15, 0.2) is 55.0 Å². The van der Waals surface area contributed by atoms with E-state index in [1.165, 1.54) is 11.1 Å². The van der Waals surface area contributed by atoms with Gasteiger partial charge in [0.05, 0.1) is 48.9 Å². The minimum Gasteiger partial charge on any atom is -0.391 e. The lowest BCUT2D eigenvalue weighted by molar-refractivity contribution is 0.0681. The summed E-state index contributed by atoms with van der Waals surface area (Å²) in [5.41, 5.74) is 3.88. The average Bonchev–Trinajstić information content (AvgIpc) is 3.21. The summed E-state index contributed by atoms with van der Waals surface area (Å²) in [5.74, 6) is 5.96. The fourth-order valence-corrected chi connectivity index (χ4v) is 3.51. The molecule has 0 fully saturated rings. The lowest BCUT2D eigenvalue weighted by Crippen LogP contribution is -2.35. The maximum atomic E-state index is 12.8. The van der Waals surface area contributed by atoms with Crippen molar-refractivity contribution in [2.75, 3.05) is 20.2 Å². The van der Waals surface area contributed by atoms with Crippen LogP contribution in [0.5, 0.6) is 0 Å². The molecule has 3 aromatic rings. The van der Waals surface area contributed by atoms with E-state index in [0.29, 0.717) is 30.8 Å². The molecule has 7 nitrogen and oxygen atoms in total. The summed E-state index contributed by atoms with van der Waals surface area (Å²) < 4.78 is 7.39. The van der Waals surface area contributed by atoms with Crippen LogP contribution in [0, 0.1) is 11.8 Å². The first-order valence-electron chi connectivity index (χ1n) is 10.2. The second kappa shape index (κ2) is 9.56. The summed E-state index contributed by atoms with van der Waals surface area (Å²) in [4.78, 5) is 18.5. The van der Waals surface area contributed by atoms with Gasteiger partial charge >= 0.3 is 0 Å². The van der Waals surface area contributed by atoms with Gasteiger partial charge in [-0.2, -0.15) is 5.10 Å². The number of rotatable bonds is 5. The number of ether oxygens (including phenoxy) is 1. The third-order valence-corrected chi connectivity index (χ3v) is 5.11. The summed E-state index contributed by atoms with van der Waals surface area (Å²) in [6, 6.07) is 11.4. The summed E-state index contributed by atoms with van der Waals surface area (Å²) in [7, 11) is 1.67. The van der Waals surface area contributed by atoms with Crippen LogP contribution in [-0.4, -0.2) is 57.0 Å². The molecule has 3 heterocycles. The molecule has 1 N–H and O–H groups in total. The van der Waals surface area contributed by atoms with E-state index < -0.39 is 6.10 Å². The van der Waals surface area contributed by atoms with Crippen molar-refractivity contribution in [2.45, 2.75) is 25.7 Å². The quantitative estimate of drug-likeness (QED) is 0.643. The predicted octanol–water partition coefficient (Wildman–Crippen LogP) is 1.88. The van der Waals surface area contributed by atoms with Crippen LogP contribution in [0.25, 0.3) is 0 Å². The number of aliphatic hydroxyl groups excluding tert-OH is 1. The number of pyridine rings is 1. The van der Waals surface area contributed by atoms with Gasteiger partial charge in [-0.25, -0.2) is 0 Å². The Bertz CT molecular complexity index is 1110. The number of fused-ring (bicyclic) bond motifs is 1. The Morgan fingerprint density at radius 1 is 1.26 bits per heavy atom. The number of carbonyl (C=O) groups is 1. The molecule has 1 amide bonds. The van der Waals surface area contributed by atoms with Crippen LogP contribution in [0.3, 0.4) is 0 Å². The molecule has 0 radical (unpaired) electrons. The molecule has 158 valence electrons. The number of amides is 1. The zero-order chi connectivity index (χ0) is 21.6. The van der Waals surface area contributed by atoms with Crippen LogP contribution in [0.1, 0.15) is 32.7 Å². The van der Waals surface area contributed by atoms with E-state index in [1.807, 2.05) is 35.0 Å². The number of aromatic nitrogens is 3. The molecule has 2 aromatic heterocycles. The van der Waals surface area contributed by atoms with Crippen molar-refractivity contribution in [3.8, 4) is 11.8 Å². The van der Waals surface area contributed by atoms with Crippen molar-refractivity contribution < 1.29 is 14.6 Å². The predicted molar refractivity (Wildman–Crippen MR) is 115 cm³/mol. The highest BCUT2D eigenvalue weighted by atomic mass is 16.5. The highest BCUT2D eigenvalue weighted by Crippen LogP contribution is 2.13. The van der Waals surface area contributed by atoms with Crippen molar-refractivity contribution in [1.82, 2.24) is 19.7 Å². The largest absolute Gasteiger partial charge is 0.391 e. The molecule has 31 heavy (non-hydrogen) atoms. The number of likely N-dealkylation sites (N-methyl/N-ethyl adjacent to an activating group) is 1. The number of carbonyl (C=O) groups excluding carboxylic acids is 1. The van der Waals surface area contributed by atoms with Gasteiger partial charge in [-0.3, -0.25) is 14.5 Å². The van der Waals surface area contributed by atoms with Gasteiger partial charge in [-0.1, -0.05) is 42.2 Å². The Morgan fingerprint density at radius 2 is 2.10 bits per heavy atom. The minimum atomic E-state index is -0.650. The Kier molecular flexibility index (Phi) is 6.41. The summed E-state index contributed by atoms with van der Waals surface area (Å²) >= 11 is 0.